The van der Waals surface area contributed by atoms with Crippen molar-refractivity contribution in [1.82, 2.24) is 0 Å². The summed E-state index contributed by atoms with van der Waals surface area (Å²) in [5.41, 5.74) is 1.71. The molecule has 0 radical (unpaired) electrons. The van der Waals surface area contributed by atoms with Gasteiger partial charge in [0.15, 0.2) is 22.9 Å². The van der Waals surface area contributed by atoms with E-state index in [0.717, 1.165) is 6.42 Å². The molecule has 1 aliphatic heterocycles. The molecule has 38 heavy (non-hydrogen) atoms. The summed E-state index contributed by atoms with van der Waals surface area (Å²) < 4.78 is 16.9. The standard InChI is InChI=1S/C30H24N2O6/c1-3-15-37-22-13-9-19(10-14-22)26-25(27(33)24-16-20-5-4-6-23(36-2)29(20)38-24)28(34)30(35)32(26)21-11-7-18(17-31)8-12-21/h4-14,16,26,34H,3,15H2,1-2H3. The minimum Gasteiger partial charge on any atom is -0.503 e. The van der Waals surface area contributed by atoms with Crippen LogP contribution >= 0.6 is 0 Å². The largest absolute Gasteiger partial charge is 0.503 e. The number of Topliss-reactive ketones (excluding diaryl/α,β-unsaturated/α-hetero) is 1. The van der Waals surface area contributed by atoms with Crippen molar-refractivity contribution in [3.63, 3.8) is 0 Å². The first-order chi connectivity index (χ1) is 18.5. The summed E-state index contributed by atoms with van der Waals surface area (Å²) in [5, 5.41) is 20.9. The molecule has 0 spiro atoms. The van der Waals surface area contributed by atoms with Crippen LogP contribution in [-0.4, -0.2) is 30.5 Å². The molecule has 190 valence electrons. The number of hydrogen-bond donors (Lipinski definition) is 1. The molecule has 0 saturated heterocycles. The van der Waals surface area contributed by atoms with Crippen LogP contribution < -0.4 is 14.4 Å². The van der Waals surface area contributed by atoms with Crippen LogP contribution in [0, 0.1) is 11.3 Å². The van der Waals surface area contributed by atoms with Crippen LogP contribution in [0.2, 0.25) is 0 Å². The smallest absolute Gasteiger partial charge is 0.294 e. The van der Waals surface area contributed by atoms with Crippen molar-refractivity contribution >= 4 is 28.3 Å². The second kappa shape index (κ2) is 10.1. The van der Waals surface area contributed by atoms with E-state index in [4.69, 9.17) is 13.9 Å². The number of methoxy groups -OCH3 is 1. The van der Waals surface area contributed by atoms with Crippen molar-refractivity contribution in [3.05, 3.63) is 101 Å². The van der Waals surface area contributed by atoms with E-state index >= 15 is 0 Å². The van der Waals surface area contributed by atoms with Crippen molar-refractivity contribution in [2.75, 3.05) is 18.6 Å². The maximum atomic E-state index is 13.8. The van der Waals surface area contributed by atoms with E-state index in [2.05, 4.69) is 0 Å². The summed E-state index contributed by atoms with van der Waals surface area (Å²) >= 11 is 0. The highest BCUT2D eigenvalue weighted by Gasteiger charge is 2.45. The molecule has 2 heterocycles. The minimum absolute atomic E-state index is 0.0339. The van der Waals surface area contributed by atoms with Crippen LogP contribution in [0.4, 0.5) is 5.69 Å². The summed E-state index contributed by atoms with van der Waals surface area (Å²) in [7, 11) is 1.50. The highest BCUT2D eigenvalue weighted by Crippen LogP contribution is 2.43. The Balaban J connectivity index is 1.61. The fraction of sp³-hybridized carbons (Fsp3) is 0.167. The Morgan fingerprint density at radius 3 is 2.50 bits per heavy atom. The first-order valence-electron chi connectivity index (χ1n) is 12.1. The fourth-order valence-corrected chi connectivity index (χ4v) is 4.52. The van der Waals surface area contributed by atoms with Crippen LogP contribution in [-0.2, 0) is 4.79 Å². The second-order valence-electron chi connectivity index (χ2n) is 8.73. The molecule has 0 aliphatic carbocycles. The van der Waals surface area contributed by atoms with E-state index in [0.29, 0.717) is 45.9 Å². The molecule has 5 rings (SSSR count). The molecular weight excluding hydrogens is 484 g/mol. The number of nitriles is 1. The Morgan fingerprint density at radius 2 is 1.84 bits per heavy atom. The molecule has 8 nitrogen and oxygen atoms in total. The van der Waals surface area contributed by atoms with Gasteiger partial charge in [0.25, 0.3) is 5.91 Å². The van der Waals surface area contributed by atoms with Crippen molar-refractivity contribution in [3.8, 4) is 17.6 Å². The Labute approximate surface area is 218 Å². The lowest BCUT2D eigenvalue weighted by Crippen LogP contribution is -2.31. The van der Waals surface area contributed by atoms with Gasteiger partial charge >= 0.3 is 0 Å². The predicted molar refractivity (Wildman–Crippen MR) is 140 cm³/mol. The van der Waals surface area contributed by atoms with Gasteiger partial charge in [-0.3, -0.25) is 14.5 Å². The van der Waals surface area contributed by atoms with Crippen LogP contribution in [0.1, 0.15) is 41.1 Å². The summed E-state index contributed by atoms with van der Waals surface area (Å²) in [6.45, 7) is 2.56. The molecule has 4 aromatic rings. The lowest BCUT2D eigenvalue weighted by molar-refractivity contribution is -0.117. The van der Waals surface area contributed by atoms with Crippen LogP contribution in [0.3, 0.4) is 0 Å². The monoisotopic (exact) mass is 508 g/mol. The van der Waals surface area contributed by atoms with Gasteiger partial charge in [0, 0.05) is 11.1 Å². The van der Waals surface area contributed by atoms with Gasteiger partial charge < -0.3 is 19.0 Å². The third-order valence-corrected chi connectivity index (χ3v) is 6.35. The average molecular weight is 509 g/mol. The number of fused-ring (bicyclic) bond motifs is 1. The predicted octanol–water partition coefficient (Wildman–Crippen LogP) is 5.88. The maximum Gasteiger partial charge on any atom is 0.294 e. The number of benzene rings is 3. The van der Waals surface area contributed by atoms with E-state index in [1.54, 1.807) is 72.8 Å². The van der Waals surface area contributed by atoms with Gasteiger partial charge in [-0.15, -0.1) is 0 Å². The summed E-state index contributed by atoms with van der Waals surface area (Å²) in [5.74, 6) is -0.947. The molecule has 3 aromatic carbocycles. The van der Waals surface area contributed by atoms with Gasteiger partial charge in [-0.05, 0) is 60.5 Å². The third kappa shape index (κ3) is 4.24. The first-order valence-corrected chi connectivity index (χ1v) is 12.1. The van der Waals surface area contributed by atoms with E-state index < -0.39 is 23.5 Å². The topological polar surface area (TPSA) is 113 Å². The molecule has 1 N–H and O–H groups in total. The molecule has 1 aliphatic rings. The molecule has 0 bridgehead atoms. The number of aliphatic hydroxyl groups is 1. The molecule has 0 saturated carbocycles. The number of carbonyl (C=O) groups excluding carboxylic acids is 2. The van der Waals surface area contributed by atoms with Gasteiger partial charge in [-0.2, -0.15) is 5.26 Å². The molecule has 1 unspecified atom stereocenters. The van der Waals surface area contributed by atoms with Crippen molar-refractivity contribution in [2.24, 2.45) is 0 Å². The number of furan rings is 1. The zero-order valence-corrected chi connectivity index (χ0v) is 20.8. The van der Waals surface area contributed by atoms with E-state index in [1.165, 1.54) is 12.0 Å². The number of carbonyl (C=O) groups is 2. The Bertz CT molecular complexity index is 1590. The SMILES string of the molecule is CCCOc1ccc(C2C(C(=O)c3cc4cccc(OC)c4o3)=C(O)C(=O)N2c2ccc(C#N)cc2)cc1. The highest BCUT2D eigenvalue weighted by molar-refractivity contribution is 6.20. The number of amides is 1. The lowest BCUT2D eigenvalue weighted by atomic mass is 9.94. The molecular formula is C30H24N2O6. The van der Waals surface area contributed by atoms with Gasteiger partial charge in [0.05, 0.1) is 37.0 Å². The number of nitrogens with zero attached hydrogens (tertiary/aromatic N) is 2. The van der Waals surface area contributed by atoms with Crippen LogP contribution in [0.5, 0.6) is 11.5 Å². The highest BCUT2D eigenvalue weighted by atomic mass is 16.5. The van der Waals surface area contributed by atoms with Crippen molar-refractivity contribution < 1.29 is 28.6 Å². The number of anilines is 1. The van der Waals surface area contributed by atoms with E-state index in [-0.39, 0.29) is 11.3 Å². The summed E-state index contributed by atoms with van der Waals surface area (Å²) in [6, 6.07) is 21.3. The Hall–Kier alpha value is -5.03. The van der Waals surface area contributed by atoms with Gasteiger partial charge in [-0.1, -0.05) is 31.2 Å². The normalized spacial score (nSPS) is 15.1. The molecule has 8 heteroatoms. The number of aliphatic hydroxyl groups excluding tert-OH is 1. The van der Waals surface area contributed by atoms with Gasteiger partial charge in [0.1, 0.15) is 5.75 Å². The fourth-order valence-electron chi connectivity index (χ4n) is 4.52. The van der Waals surface area contributed by atoms with Gasteiger partial charge in [-0.25, -0.2) is 0 Å². The number of ether oxygens (including phenoxy) is 2. The van der Waals surface area contributed by atoms with Crippen molar-refractivity contribution in [2.45, 2.75) is 19.4 Å². The maximum absolute atomic E-state index is 13.8. The molecule has 1 atom stereocenters. The zero-order valence-electron chi connectivity index (χ0n) is 20.8. The van der Waals surface area contributed by atoms with Crippen LogP contribution in [0.15, 0.2) is 88.5 Å². The Morgan fingerprint density at radius 1 is 1.11 bits per heavy atom. The van der Waals surface area contributed by atoms with E-state index in [9.17, 15) is 20.0 Å². The number of para-hydroxylation sites is 1. The lowest BCUT2D eigenvalue weighted by Gasteiger charge is -2.27. The number of ketones is 1. The average Bonchev–Trinajstić information content (AvgIpc) is 3.51. The molecule has 1 aromatic heterocycles. The number of hydrogen-bond acceptors (Lipinski definition) is 7. The van der Waals surface area contributed by atoms with Gasteiger partial charge in [0.2, 0.25) is 5.78 Å². The van der Waals surface area contributed by atoms with Crippen LogP contribution in [0.25, 0.3) is 11.0 Å². The van der Waals surface area contributed by atoms with E-state index in [1.807, 2.05) is 13.0 Å². The first kappa shape index (κ1) is 24.7. The summed E-state index contributed by atoms with van der Waals surface area (Å²) in [4.78, 5) is 28.6. The minimum atomic E-state index is -0.946. The second-order valence-corrected chi connectivity index (χ2v) is 8.73. The molecule has 0 fully saturated rings. The third-order valence-electron chi connectivity index (χ3n) is 6.35. The quantitative estimate of drug-likeness (QED) is 0.296. The zero-order chi connectivity index (χ0) is 26.8. The summed E-state index contributed by atoms with van der Waals surface area (Å²) in [6.07, 6.45) is 0.850. The number of rotatable bonds is 8. The van der Waals surface area contributed by atoms with Crippen molar-refractivity contribution in [1.29, 1.82) is 5.26 Å². The Kier molecular flexibility index (Phi) is 6.58. The molecule has 1 amide bonds.